The highest BCUT2D eigenvalue weighted by Crippen LogP contribution is 2.48. The third kappa shape index (κ3) is 4.70. The minimum absolute atomic E-state index is 0.0167. The third-order valence-electron chi connectivity index (χ3n) is 6.27. The summed E-state index contributed by atoms with van der Waals surface area (Å²) in [5, 5.41) is 13.4. The van der Waals surface area contributed by atoms with Crippen LogP contribution in [0.15, 0.2) is 47.8 Å². The predicted molar refractivity (Wildman–Crippen MR) is 128 cm³/mol. The number of nitrogens with zero attached hydrogens (tertiary/aromatic N) is 2. The Balaban J connectivity index is 1.50. The molecule has 0 aliphatic carbocycles. The van der Waals surface area contributed by atoms with Crippen LogP contribution in [0.4, 0.5) is 0 Å². The normalized spacial score (nSPS) is 22.3. The molecule has 1 saturated heterocycles. The Labute approximate surface area is 191 Å². The van der Waals surface area contributed by atoms with Crippen molar-refractivity contribution in [1.29, 1.82) is 0 Å². The van der Waals surface area contributed by atoms with Gasteiger partial charge in [-0.2, -0.15) is 0 Å². The van der Waals surface area contributed by atoms with Crippen LogP contribution in [-0.4, -0.2) is 73.1 Å². The fraction of sp³-hybridized carbons (Fsp3) is 0.458. The first-order valence-electron chi connectivity index (χ1n) is 11.1. The van der Waals surface area contributed by atoms with Crippen LogP contribution >= 0.6 is 8.58 Å². The molecule has 0 spiro atoms. The van der Waals surface area contributed by atoms with Crippen LogP contribution in [-0.2, 0) is 4.79 Å². The second-order valence-electron chi connectivity index (χ2n) is 8.30. The first-order chi connectivity index (χ1) is 15.5. The lowest BCUT2D eigenvalue weighted by Gasteiger charge is -2.41. The van der Waals surface area contributed by atoms with Gasteiger partial charge in [-0.3, -0.25) is 4.79 Å². The molecule has 1 fully saturated rings. The van der Waals surface area contributed by atoms with Gasteiger partial charge in [-0.1, -0.05) is 14.6 Å². The zero-order valence-electron chi connectivity index (χ0n) is 18.9. The number of likely N-dealkylation sites (tertiary alicyclic amines) is 1. The minimum atomic E-state index is 0.0167. The van der Waals surface area contributed by atoms with Gasteiger partial charge >= 0.3 is 0 Å². The van der Waals surface area contributed by atoms with E-state index in [1.54, 1.807) is 20.3 Å². The molecule has 0 aromatic heterocycles. The maximum absolute atomic E-state index is 13.1. The van der Waals surface area contributed by atoms with Gasteiger partial charge in [0.15, 0.2) is 11.5 Å². The smallest absolute Gasteiger partial charge is 0.252 e. The third-order valence-corrected chi connectivity index (χ3v) is 8.02. The number of carbonyl (C=O) groups is 1. The first-order valence-corrected chi connectivity index (χ1v) is 12.1. The summed E-state index contributed by atoms with van der Waals surface area (Å²) in [6.07, 6.45) is 8.09. The number of benzene rings is 1. The van der Waals surface area contributed by atoms with Crippen molar-refractivity contribution >= 4 is 19.8 Å². The van der Waals surface area contributed by atoms with Gasteiger partial charge in [0.1, 0.15) is 0 Å². The molecule has 1 aromatic rings. The summed E-state index contributed by atoms with van der Waals surface area (Å²) in [6.45, 7) is 4.83. The van der Waals surface area contributed by atoms with E-state index in [1.165, 1.54) is 5.57 Å². The number of allylic oxidation sites excluding steroid dienone is 1. The molecular weight excluding hydrogens is 425 g/mol. The van der Waals surface area contributed by atoms with E-state index >= 15 is 0 Å². The molecule has 1 amide bonds. The van der Waals surface area contributed by atoms with Crippen LogP contribution in [0.25, 0.3) is 5.31 Å². The van der Waals surface area contributed by atoms with Gasteiger partial charge in [-0.15, -0.1) is 0 Å². The van der Waals surface area contributed by atoms with E-state index < -0.39 is 0 Å². The van der Waals surface area contributed by atoms with Crippen molar-refractivity contribution in [2.75, 3.05) is 40.5 Å². The standard InChI is InChI=1S/C24H32N3O4P/c1-16-12-19(26-9-6-18(7-10-26)25-8-11-28)15-27-23(29)14-22(32-24(16)27)17-4-5-20(30-2)21(13-17)31-3/h4-5,12-15,18,24-25,28,32H,6-11H2,1-3H3. The zero-order valence-corrected chi connectivity index (χ0v) is 19.9. The lowest BCUT2D eigenvalue weighted by molar-refractivity contribution is -0.124. The molecule has 2 unspecified atom stereocenters. The second-order valence-corrected chi connectivity index (χ2v) is 9.68. The highest BCUT2D eigenvalue weighted by molar-refractivity contribution is 7.51. The van der Waals surface area contributed by atoms with E-state index in [0.29, 0.717) is 32.7 Å². The Kier molecular flexibility index (Phi) is 7.19. The zero-order chi connectivity index (χ0) is 22.7. The van der Waals surface area contributed by atoms with Crippen LogP contribution in [0.2, 0.25) is 0 Å². The van der Waals surface area contributed by atoms with Crippen molar-refractivity contribution in [3.8, 4) is 11.5 Å². The average Bonchev–Trinajstić information content (AvgIpc) is 2.82. The number of ether oxygens (including phenoxy) is 2. The molecule has 1 aromatic carbocycles. The van der Waals surface area contributed by atoms with Crippen LogP contribution < -0.4 is 14.8 Å². The summed E-state index contributed by atoms with van der Waals surface area (Å²) < 4.78 is 10.8. The fourth-order valence-electron chi connectivity index (χ4n) is 4.50. The van der Waals surface area contributed by atoms with Crippen molar-refractivity contribution in [3.05, 3.63) is 53.4 Å². The molecule has 32 heavy (non-hydrogen) atoms. The van der Waals surface area contributed by atoms with Crippen LogP contribution in [0.1, 0.15) is 25.3 Å². The number of aliphatic hydroxyl groups excluding tert-OH is 1. The molecule has 0 bridgehead atoms. The number of carbonyl (C=O) groups excluding carboxylic acids is 1. The van der Waals surface area contributed by atoms with Gasteiger partial charge in [0.05, 0.1) is 32.3 Å². The van der Waals surface area contributed by atoms with Crippen molar-refractivity contribution in [2.45, 2.75) is 31.6 Å². The summed E-state index contributed by atoms with van der Waals surface area (Å²) >= 11 is 0. The maximum atomic E-state index is 13.1. The molecule has 3 heterocycles. The Bertz CT molecular complexity index is 951. The summed E-state index contributed by atoms with van der Waals surface area (Å²) in [4.78, 5) is 17.4. The van der Waals surface area contributed by atoms with Crippen LogP contribution in [0, 0.1) is 0 Å². The van der Waals surface area contributed by atoms with Gasteiger partial charge < -0.3 is 29.7 Å². The molecule has 4 rings (SSSR count). The van der Waals surface area contributed by atoms with Gasteiger partial charge in [-0.05, 0) is 54.4 Å². The Hall–Kier alpha value is -2.34. The van der Waals surface area contributed by atoms with Gasteiger partial charge in [-0.25, -0.2) is 0 Å². The highest BCUT2D eigenvalue weighted by atomic mass is 31.1. The summed E-state index contributed by atoms with van der Waals surface area (Å²) in [6, 6.07) is 6.27. The Morgan fingerprint density at radius 2 is 1.91 bits per heavy atom. The van der Waals surface area contributed by atoms with E-state index in [1.807, 2.05) is 29.3 Å². The van der Waals surface area contributed by atoms with Crippen LogP contribution in [0.3, 0.4) is 0 Å². The highest BCUT2D eigenvalue weighted by Gasteiger charge is 2.33. The number of nitrogens with one attached hydrogen (secondary N) is 1. The molecule has 172 valence electrons. The number of rotatable bonds is 7. The first kappa shape index (κ1) is 22.8. The Morgan fingerprint density at radius 1 is 1.16 bits per heavy atom. The van der Waals surface area contributed by atoms with E-state index in [2.05, 4.69) is 23.2 Å². The van der Waals surface area contributed by atoms with E-state index in [4.69, 9.17) is 14.6 Å². The van der Waals surface area contributed by atoms with Crippen molar-refractivity contribution in [1.82, 2.24) is 15.1 Å². The fourth-order valence-corrected chi connectivity index (χ4v) is 5.98. The topological polar surface area (TPSA) is 74.3 Å². The quantitative estimate of drug-likeness (QED) is 0.614. The number of aliphatic hydroxyl groups is 1. The molecule has 0 radical (unpaired) electrons. The number of hydrogen-bond donors (Lipinski definition) is 2. The van der Waals surface area contributed by atoms with E-state index in [9.17, 15) is 4.79 Å². The molecule has 7 nitrogen and oxygen atoms in total. The number of methoxy groups -OCH3 is 2. The van der Waals surface area contributed by atoms with Crippen molar-refractivity contribution in [3.63, 3.8) is 0 Å². The molecular formula is C24H32N3O4P. The monoisotopic (exact) mass is 457 g/mol. The SMILES string of the molecule is COc1ccc(C2=CC(=O)N3C=C(N4CCC(NCCO)CC4)C=C(C)C3P2)cc1OC. The lowest BCUT2D eigenvalue weighted by Crippen LogP contribution is -2.44. The summed E-state index contributed by atoms with van der Waals surface area (Å²) in [5.74, 6) is 1.42. The van der Waals surface area contributed by atoms with Gasteiger partial charge in [0.2, 0.25) is 0 Å². The molecule has 2 atom stereocenters. The van der Waals surface area contributed by atoms with E-state index in [-0.39, 0.29) is 18.3 Å². The number of piperidine rings is 1. The maximum Gasteiger partial charge on any atom is 0.252 e. The average molecular weight is 458 g/mol. The van der Waals surface area contributed by atoms with Crippen molar-refractivity contribution < 1.29 is 19.4 Å². The lowest BCUT2D eigenvalue weighted by atomic mass is 10.0. The van der Waals surface area contributed by atoms with Gasteiger partial charge in [0.25, 0.3) is 5.91 Å². The minimum Gasteiger partial charge on any atom is -0.493 e. The Morgan fingerprint density at radius 3 is 2.59 bits per heavy atom. The second kappa shape index (κ2) is 10.1. The largest absolute Gasteiger partial charge is 0.493 e. The summed E-state index contributed by atoms with van der Waals surface area (Å²) in [5.41, 5.74) is 3.32. The van der Waals surface area contributed by atoms with Crippen LogP contribution in [0.5, 0.6) is 11.5 Å². The van der Waals surface area contributed by atoms with Crippen molar-refractivity contribution in [2.24, 2.45) is 0 Å². The van der Waals surface area contributed by atoms with E-state index in [0.717, 1.165) is 42.5 Å². The predicted octanol–water partition coefficient (Wildman–Crippen LogP) is 2.74. The molecule has 3 aliphatic rings. The van der Waals surface area contributed by atoms with Gasteiger partial charge in [0, 0.05) is 38.0 Å². The summed E-state index contributed by atoms with van der Waals surface area (Å²) in [7, 11) is 3.70. The number of fused-ring (bicyclic) bond motifs is 1. The molecule has 0 saturated carbocycles. The molecule has 8 heteroatoms. The molecule has 2 N–H and O–H groups in total. The number of hydrogen-bond acceptors (Lipinski definition) is 6. The molecule has 3 aliphatic heterocycles. The number of amides is 1.